The van der Waals surface area contributed by atoms with Crippen molar-refractivity contribution in [3.8, 4) is 0 Å². The van der Waals surface area contributed by atoms with Gasteiger partial charge in [-0.3, -0.25) is 9.69 Å². The first kappa shape index (κ1) is 15.0. The van der Waals surface area contributed by atoms with Crippen LogP contribution in [0.15, 0.2) is 18.2 Å². The van der Waals surface area contributed by atoms with Gasteiger partial charge in [-0.25, -0.2) is 0 Å². The molecule has 1 aromatic rings. The van der Waals surface area contributed by atoms with Gasteiger partial charge < -0.3 is 4.74 Å². The summed E-state index contributed by atoms with van der Waals surface area (Å²) in [6.07, 6.45) is 3.21. The SMILES string of the molecule is CCOC(=O)C1CCCCN1Cc1c(C)cccc1C. The second-order valence-corrected chi connectivity index (χ2v) is 5.60. The Morgan fingerprint density at radius 1 is 1.30 bits per heavy atom. The van der Waals surface area contributed by atoms with Crippen molar-refractivity contribution in [3.63, 3.8) is 0 Å². The van der Waals surface area contributed by atoms with E-state index in [0.717, 1.165) is 25.9 Å². The van der Waals surface area contributed by atoms with Crippen LogP contribution in [0.25, 0.3) is 0 Å². The van der Waals surface area contributed by atoms with Gasteiger partial charge in [-0.15, -0.1) is 0 Å². The number of ether oxygens (including phenoxy) is 1. The van der Waals surface area contributed by atoms with Crippen LogP contribution in [0.5, 0.6) is 0 Å². The minimum Gasteiger partial charge on any atom is -0.465 e. The van der Waals surface area contributed by atoms with Crippen LogP contribution in [0.2, 0.25) is 0 Å². The van der Waals surface area contributed by atoms with Gasteiger partial charge in [-0.2, -0.15) is 0 Å². The van der Waals surface area contributed by atoms with Gasteiger partial charge >= 0.3 is 5.97 Å². The highest BCUT2D eigenvalue weighted by atomic mass is 16.5. The summed E-state index contributed by atoms with van der Waals surface area (Å²) >= 11 is 0. The lowest BCUT2D eigenvalue weighted by atomic mass is 9.98. The van der Waals surface area contributed by atoms with Gasteiger partial charge in [0.05, 0.1) is 6.61 Å². The minimum atomic E-state index is -0.0669. The molecule has 0 aliphatic carbocycles. The number of piperidine rings is 1. The summed E-state index contributed by atoms with van der Waals surface area (Å²) in [6, 6.07) is 6.31. The molecule has 1 aromatic carbocycles. The fourth-order valence-electron chi connectivity index (χ4n) is 2.99. The molecule has 1 saturated heterocycles. The summed E-state index contributed by atoms with van der Waals surface area (Å²) in [5.41, 5.74) is 3.96. The second-order valence-electron chi connectivity index (χ2n) is 5.60. The van der Waals surface area contributed by atoms with Crippen LogP contribution < -0.4 is 0 Å². The first-order valence-corrected chi connectivity index (χ1v) is 7.59. The molecule has 20 heavy (non-hydrogen) atoms. The predicted molar refractivity (Wildman–Crippen MR) is 80.6 cm³/mol. The van der Waals surface area contributed by atoms with Crippen LogP contribution in [-0.2, 0) is 16.1 Å². The molecule has 0 radical (unpaired) electrons. The van der Waals surface area contributed by atoms with E-state index in [-0.39, 0.29) is 12.0 Å². The van der Waals surface area contributed by atoms with Gasteiger partial charge in [-0.05, 0) is 56.8 Å². The van der Waals surface area contributed by atoms with Gasteiger partial charge in [0.25, 0.3) is 0 Å². The third-order valence-electron chi connectivity index (χ3n) is 4.18. The van der Waals surface area contributed by atoms with E-state index < -0.39 is 0 Å². The van der Waals surface area contributed by atoms with Crippen molar-refractivity contribution >= 4 is 5.97 Å². The predicted octanol–water partition coefficient (Wildman–Crippen LogP) is 3.22. The second kappa shape index (κ2) is 6.89. The summed E-state index contributed by atoms with van der Waals surface area (Å²) in [5.74, 6) is -0.0570. The highest BCUT2D eigenvalue weighted by Crippen LogP contribution is 2.23. The van der Waals surface area contributed by atoms with E-state index in [1.807, 2.05) is 6.92 Å². The van der Waals surface area contributed by atoms with E-state index in [9.17, 15) is 4.79 Å². The Morgan fingerprint density at radius 2 is 2.00 bits per heavy atom. The molecule has 110 valence electrons. The maximum atomic E-state index is 12.1. The standard InChI is InChI=1S/C17H25NO2/c1-4-20-17(19)16-10-5-6-11-18(16)12-15-13(2)8-7-9-14(15)3/h7-9,16H,4-6,10-12H2,1-3H3. The first-order chi connectivity index (χ1) is 9.63. The highest BCUT2D eigenvalue weighted by Gasteiger charge is 2.30. The fraction of sp³-hybridized carbons (Fsp3) is 0.588. The normalized spacial score (nSPS) is 19.9. The van der Waals surface area contributed by atoms with Crippen LogP contribution in [0.1, 0.15) is 42.9 Å². The van der Waals surface area contributed by atoms with E-state index in [1.165, 1.54) is 23.1 Å². The molecule has 0 N–H and O–H groups in total. The maximum Gasteiger partial charge on any atom is 0.323 e. The first-order valence-electron chi connectivity index (χ1n) is 7.59. The van der Waals surface area contributed by atoms with Crippen molar-refractivity contribution in [3.05, 3.63) is 34.9 Å². The van der Waals surface area contributed by atoms with Crippen molar-refractivity contribution in [1.82, 2.24) is 4.90 Å². The van der Waals surface area contributed by atoms with Crippen molar-refractivity contribution < 1.29 is 9.53 Å². The molecule has 1 fully saturated rings. The topological polar surface area (TPSA) is 29.5 Å². The Balaban J connectivity index is 2.14. The lowest BCUT2D eigenvalue weighted by Crippen LogP contribution is -2.45. The zero-order valence-electron chi connectivity index (χ0n) is 12.8. The Morgan fingerprint density at radius 3 is 2.65 bits per heavy atom. The number of carbonyl (C=O) groups excluding carboxylic acids is 1. The maximum absolute atomic E-state index is 12.1. The zero-order valence-corrected chi connectivity index (χ0v) is 12.8. The number of esters is 1. The van der Waals surface area contributed by atoms with E-state index in [4.69, 9.17) is 4.74 Å². The highest BCUT2D eigenvalue weighted by molar-refractivity contribution is 5.75. The summed E-state index contributed by atoms with van der Waals surface area (Å²) in [7, 11) is 0. The van der Waals surface area contributed by atoms with Crippen LogP contribution in [-0.4, -0.2) is 30.1 Å². The van der Waals surface area contributed by atoms with Crippen LogP contribution >= 0.6 is 0 Å². The molecule has 0 amide bonds. The smallest absolute Gasteiger partial charge is 0.323 e. The van der Waals surface area contributed by atoms with Crippen LogP contribution in [0.4, 0.5) is 0 Å². The molecular weight excluding hydrogens is 250 g/mol. The van der Waals surface area contributed by atoms with Crippen LogP contribution in [0.3, 0.4) is 0 Å². The van der Waals surface area contributed by atoms with Crippen molar-refractivity contribution in [2.75, 3.05) is 13.2 Å². The van der Waals surface area contributed by atoms with Crippen LogP contribution in [0, 0.1) is 13.8 Å². The molecule has 1 unspecified atom stereocenters. The van der Waals surface area contributed by atoms with Crippen molar-refractivity contribution in [2.24, 2.45) is 0 Å². The summed E-state index contributed by atoms with van der Waals surface area (Å²) in [4.78, 5) is 14.4. The van der Waals surface area contributed by atoms with Crippen molar-refractivity contribution in [1.29, 1.82) is 0 Å². The van der Waals surface area contributed by atoms with E-state index >= 15 is 0 Å². The van der Waals surface area contributed by atoms with Gasteiger partial charge in [0.2, 0.25) is 0 Å². The number of benzene rings is 1. The lowest BCUT2D eigenvalue weighted by Gasteiger charge is -2.34. The minimum absolute atomic E-state index is 0.0570. The largest absolute Gasteiger partial charge is 0.465 e. The molecule has 1 heterocycles. The van der Waals surface area contributed by atoms with Gasteiger partial charge in [-0.1, -0.05) is 24.6 Å². The molecule has 1 aliphatic heterocycles. The molecule has 0 bridgehead atoms. The van der Waals surface area contributed by atoms with E-state index in [1.54, 1.807) is 0 Å². The third kappa shape index (κ3) is 3.40. The van der Waals surface area contributed by atoms with E-state index in [0.29, 0.717) is 6.61 Å². The number of nitrogens with zero attached hydrogens (tertiary/aromatic N) is 1. The van der Waals surface area contributed by atoms with Crippen molar-refractivity contribution in [2.45, 2.75) is 52.6 Å². The van der Waals surface area contributed by atoms with E-state index in [2.05, 4.69) is 36.9 Å². The molecule has 0 aromatic heterocycles. The summed E-state index contributed by atoms with van der Waals surface area (Å²) < 4.78 is 5.23. The monoisotopic (exact) mass is 275 g/mol. The summed E-state index contributed by atoms with van der Waals surface area (Å²) in [6.45, 7) is 8.46. The quantitative estimate of drug-likeness (QED) is 0.790. The van der Waals surface area contributed by atoms with Gasteiger partial charge in [0.1, 0.15) is 6.04 Å². The lowest BCUT2D eigenvalue weighted by molar-refractivity contribution is -0.151. The molecule has 1 atom stereocenters. The number of aryl methyl sites for hydroxylation is 2. The molecule has 1 aliphatic rings. The molecular formula is C17H25NO2. The molecule has 2 rings (SSSR count). The Labute approximate surface area is 121 Å². The average molecular weight is 275 g/mol. The van der Waals surface area contributed by atoms with Gasteiger partial charge in [0, 0.05) is 6.54 Å². The molecule has 0 spiro atoms. The number of carbonyl (C=O) groups is 1. The van der Waals surface area contributed by atoms with Gasteiger partial charge in [0.15, 0.2) is 0 Å². The Bertz CT molecular complexity index is 450. The number of likely N-dealkylation sites (tertiary alicyclic amines) is 1. The average Bonchev–Trinajstić information content (AvgIpc) is 2.44. The molecule has 3 nitrogen and oxygen atoms in total. The third-order valence-corrected chi connectivity index (χ3v) is 4.18. The number of hydrogen-bond acceptors (Lipinski definition) is 3. The Kier molecular flexibility index (Phi) is 5.18. The Hall–Kier alpha value is -1.35. The zero-order chi connectivity index (χ0) is 14.5. The fourth-order valence-corrected chi connectivity index (χ4v) is 2.99. The summed E-state index contributed by atoms with van der Waals surface area (Å²) in [5, 5.41) is 0. The molecule has 0 saturated carbocycles. The molecule has 3 heteroatoms. The number of hydrogen-bond donors (Lipinski definition) is 0. The number of rotatable bonds is 4.